The molecule has 0 bridgehead atoms. The summed E-state index contributed by atoms with van der Waals surface area (Å²) in [5.74, 6) is -0.169. The molecule has 0 radical (unpaired) electrons. The standard InChI is InChI=1S/C19H36O5/c1-3-4-8-11-16(20)14-15-18(22)17(21)12-9-6-5-7-10-13-19(23)24-2/h14-18,20-22H,3-13H2,1-2H3/b15-14+/t16-,17+,18+/m1/s1. The van der Waals surface area contributed by atoms with Gasteiger partial charge in [-0.1, -0.05) is 64.0 Å². The van der Waals surface area contributed by atoms with Crippen LogP contribution in [-0.2, 0) is 9.53 Å². The van der Waals surface area contributed by atoms with Crippen LogP contribution >= 0.6 is 0 Å². The zero-order valence-electron chi connectivity index (χ0n) is 15.3. The Morgan fingerprint density at radius 3 is 2.21 bits per heavy atom. The first-order valence-corrected chi connectivity index (χ1v) is 9.30. The highest BCUT2D eigenvalue weighted by Crippen LogP contribution is 2.12. The number of carbonyl (C=O) groups excluding carboxylic acids is 1. The molecule has 0 aromatic heterocycles. The molecule has 142 valence electrons. The van der Waals surface area contributed by atoms with Gasteiger partial charge in [-0.2, -0.15) is 0 Å². The Hall–Kier alpha value is -0.910. The lowest BCUT2D eigenvalue weighted by Crippen LogP contribution is -2.24. The van der Waals surface area contributed by atoms with E-state index in [1.165, 1.54) is 13.2 Å². The fraction of sp³-hybridized carbons (Fsp3) is 0.842. The Morgan fingerprint density at radius 1 is 0.917 bits per heavy atom. The van der Waals surface area contributed by atoms with Crippen molar-refractivity contribution in [3.8, 4) is 0 Å². The van der Waals surface area contributed by atoms with Crippen molar-refractivity contribution in [2.24, 2.45) is 0 Å². The minimum absolute atomic E-state index is 0.169. The third-order valence-corrected chi connectivity index (χ3v) is 4.14. The molecule has 0 spiro atoms. The molecule has 0 aliphatic heterocycles. The molecule has 0 unspecified atom stereocenters. The number of aliphatic hydroxyl groups is 3. The predicted octanol–water partition coefficient (Wildman–Crippen LogP) is 3.11. The third kappa shape index (κ3) is 13.5. The summed E-state index contributed by atoms with van der Waals surface area (Å²) in [6.45, 7) is 2.11. The molecule has 0 saturated heterocycles. The molecular formula is C19H36O5. The van der Waals surface area contributed by atoms with E-state index in [0.717, 1.165) is 51.4 Å². The maximum Gasteiger partial charge on any atom is 0.305 e. The highest BCUT2D eigenvalue weighted by Gasteiger charge is 2.13. The topological polar surface area (TPSA) is 87.0 Å². The SMILES string of the molecule is CCCCC[C@@H](O)/C=C/[C@H](O)[C@@H](O)CCCCCCCC(=O)OC. The second kappa shape index (κ2) is 15.6. The van der Waals surface area contributed by atoms with Crippen molar-refractivity contribution < 1.29 is 24.9 Å². The molecule has 0 aliphatic rings. The molecule has 0 rings (SSSR count). The normalized spacial score (nSPS) is 15.4. The van der Waals surface area contributed by atoms with E-state index >= 15 is 0 Å². The molecule has 0 amide bonds. The molecular weight excluding hydrogens is 308 g/mol. The van der Waals surface area contributed by atoms with Crippen LogP contribution in [0.4, 0.5) is 0 Å². The average molecular weight is 344 g/mol. The predicted molar refractivity (Wildman–Crippen MR) is 95.6 cm³/mol. The summed E-state index contributed by atoms with van der Waals surface area (Å²) in [6.07, 6.45) is 10.3. The summed E-state index contributed by atoms with van der Waals surface area (Å²) in [6, 6.07) is 0. The van der Waals surface area contributed by atoms with E-state index in [-0.39, 0.29) is 5.97 Å². The van der Waals surface area contributed by atoms with Gasteiger partial charge >= 0.3 is 5.97 Å². The van der Waals surface area contributed by atoms with Crippen LogP contribution < -0.4 is 0 Å². The molecule has 0 aromatic carbocycles. The van der Waals surface area contributed by atoms with Gasteiger partial charge in [0.2, 0.25) is 0 Å². The summed E-state index contributed by atoms with van der Waals surface area (Å²) in [4.78, 5) is 10.9. The second-order valence-electron chi connectivity index (χ2n) is 6.39. The first-order valence-electron chi connectivity index (χ1n) is 9.30. The number of aliphatic hydroxyl groups excluding tert-OH is 3. The average Bonchev–Trinajstić information content (AvgIpc) is 2.58. The van der Waals surface area contributed by atoms with Crippen LogP contribution in [0.3, 0.4) is 0 Å². The number of hydrogen-bond acceptors (Lipinski definition) is 5. The molecule has 24 heavy (non-hydrogen) atoms. The van der Waals surface area contributed by atoms with Crippen LogP contribution in [0.1, 0.15) is 77.6 Å². The van der Waals surface area contributed by atoms with Crippen molar-refractivity contribution in [2.75, 3.05) is 7.11 Å². The van der Waals surface area contributed by atoms with Crippen molar-refractivity contribution >= 4 is 5.97 Å². The summed E-state index contributed by atoms with van der Waals surface area (Å²) in [5, 5.41) is 29.5. The van der Waals surface area contributed by atoms with Gasteiger partial charge in [0.25, 0.3) is 0 Å². The summed E-state index contributed by atoms with van der Waals surface area (Å²) in [7, 11) is 1.40. The molecule has 5 heteroatoms. The fourth-order valence-electron chi connectivity index (χ4n) is 2.50. The Labute approximate surface area is 146 Å². The van der Waals surface area contributed by atoms with E-state index < -0.39 is 18.3 Å². The molecule has 0 aliphatic carbocycles. The van der Waals surface area contributed by atoms with Gasteiger partial charge in [-0.25, -0.2) is 0 Å². The van der Waals surface area contributed by atoms with Crippen LogP contribution in [0, 0.1) is 0 Å². The Morgan fingerprint density at radius 2 is 1.54 bits per heavy atom. The Bertz CT molecular complexity index is 330. The van der Waals surface area contributed by atoms with Crippen molar-refractivity contribution in [1.29, 1.82) is 0 Å². The first-order chi connectivity index (χ1) is 11.5. The lowest BCUT2D eigenvalue weighted by atomic mass is 10.0. The zero-order chi connectivity index (χ0) is 18.2. The Kier molecular flexibility index (Phi) is 15.0. The van der Waals surface area contributed by atoms with Crippen LogP contribution in [0.25, 0.3) is 0 Å². The van der Waals surface area contributed by atoms with Crippen molar-refractivity contribution in [2.45, 2.75) is 95.9 Å². The van der Waals surface area contributed by atoms with E-state index in [1.807, 2.05) is 0 Å². The van der Waals surface area contributed by atoms with Crippen molar-refractivity contribution in [3.05, 3.63) is 12.2 Å². The number of hydrogen-bond donors (Lipinski definition) is 3. The number of methoxy groups -OCH3 is 1. The highest BCUT2D eigenvalue weighted by atomic mass is 16.5. The molecule has 0 heterocycles. The Balaban J connectivity index is 3.67. The van der Waals surface area contributed by atoms with Gasteiger partial charge in [0.05, 0.1) is 25.4 Å². The third-order valence-electron chi connectivity index (χ3n) is 4.14. The highest BCUT2D eigenvalue weighted by molar-refractivity contribution is 5.68. The van der Waals surface area contributed by atoms with Crippen LogP contribution in [-0.4, -0.2) is 46.7 Å². The fourth-order valence-corrected chi connectivity index (χ4v) is 2.50. The first kappa shape index (κ1) is 23.1. The maximum atomic E-state index is 10.9. The number of rotatable bonds is 15. The number of esters is 1. The largest absolute Gasteiger partial charge is 0.469 e. The molecule has 3 atom stereocenters. The minimum atomic E-state index is -0.926. The van der Waals surface area contributed by atoms with E-state index in [9.17, 15) is 20.1 Å². The molecule has 0 aromatic rings. The molecule has 5 nitrogen and oxygen atoms in total. The monoisotopic (exact) mass is 344 g/mol. The molecule has 0 saturated carbocycles. The number of ether oxygens (including phenoxy) is 1. The zero-order valence-corrected chi connectivity index (χ0v) is 15.3. The summed E-state index contributed by atoms with van der Waals surface area (Å²) in [5.41, 5.74) is 0. The van der Waals surface area contributed by atoms with Gasteiger partial charge in [0.1, 0.15) is 0 Å². The van der Waals surface area contributed by atoms with Crippen LogP contribution in [0.15, 0.2) is 12.2 Å². The van der Waals surface area contributed by atoms with Gasteiger partial charge in [0.15, 0.2) is 0 Å². The number of unbranched alkanes of at least 4 members (excludes halogenated alkanes) is 6. The number of carbonyl (C=O) groups is 1. The van der Waals surface area contributed by atoms with Crippen molar-refractivity contribution in [1.82, 2.24) is 0 Å². The van der Waals surface area contributed by atoms with Gasteiger partial charge in [0, 0.05) is 6.42 Å². The van der Waals surface area contributed by atoms with E-state index in [2.05, 4.69) is 11.7 Å². The second-order valence-corrected chi connectivity index (χ2v) is 6.39. The van der Waals surface area contributed by atoms with Gasteiger partial charge in [-0.3, -0.25) is 4.79 Å². The quantitative estimate of drug-likeness (QED) is 0.241. The molecule has 3 N–H and O–H groups in total. The van der Waals surface area contributed by atoms with Gasteiger partial charge < -0.3 is 20.1 Å². The molecule has 0 fully saturated rings. The minimum Gasteiger partial charge on any atom is -0.469 e. The summed E-state index contributed by atoms with van der Waals surface area (Å²) >= 11 is 0. The van der Waals surface area contributed by atoms with Crippen molar-refractivity contribution in [3.63, 3.8) is 0 Å². The maximum absolute atomic E-state index is 10.9. The smallest absolute Gasteiger partial charge is 0.305 e. The van der Waals surface area contributed by atoms with Crippen LogP contribution in [0.2, 0.25) is 0 Å². The lowest BCUT2D eigenvalue weighted by molar-refractivity contribution is -0.140. The van der Waals surface area contributed by atoms with Gasteiger partial charge in [-0.05, 0) is 19.3 Å². The van der Waals surface area contributed by atoms with E-state index in [4.69, 9.17) is 0 Å². The van der Waals surface area contributed by atoms with Gasteiger partial charge in [-0.15, -0.1) is 0 Å². The van der Waals surface area contributed by atoms with E-state index in [0.29, 0.717) is 19.3 Å². The lowest BCUT2D eigenvalue weighted by Gasteiger charge is -2.15. The van der Waals surface area contributed by atoms with Crippen LogP contribution in [0.5, 0.6) is 0 Å². The summed E-state index contributed by atoms with van der Waals surface area (Å²) < 4.78 is 4.58. The van der Waals surface area contributed by atoms with E-state index in [1.54, 1.807) is 6.08 Å².